The molecular formula is C19H21N3O4S. The van der Waals surface area contributed by atoms with Crippen molar-refractivity contribution in [3.63, 3.8) is 0 Å². The molecule has 1 amide bonds. The first-order valence-corrected chi connectivity index (χ1v) is 9.49. The van der Waals surface area contributed by atoms with Crippen molar-refractivity contribution in [1.82, 2.24) is 15.5 Å². The third-order valence-corrected chi connectivity index (χ3v) is 5.30. The minimum atomic E-state index is -1.12. The van der Waals surface area contributed by atoms with Crippen molar-refractivity contribution < 1.29 is 18.8 Å². The van der Waals surface area contributed by atoms with Crippen molar-refractivity contribution in [3.05, 3.63) is 34.8 Å². The number of fused-ring (bicyclic) bond motifs is 1. The van der Waals surface area contributed by atoms with Crippen LogP contribution in [-0.2, 0) is 9.53 Å². The summed E-state index contributed by atoms with van der Waals surface area (Å²) in [5.41, 5.74) is 0.724. The van der Waals surface area contributed by atoms with Crippen LogP contribution in [0.3, 0.4) is 0 Å². The highest BCUT2D eigenvalue weighted by Crippen LogP contribution is 2.30. The Labute approximate surface area is 160 Å². The van der Waals surface area contributed by atoms with E-state index in [1.807, 2.05) is 24.4 Å². The van der Waals surface area contributed by atoms with Crippen molar-refractivity contribution in [2.75, 3.05) is 7.11 Å². The summed E-state index contributed by atoms with van der Waals surface area (Å²) in [5.74, 6) is -0.878. The molecule has 0 aliphatic carbocycles. The average molecular weight is 387 g/mol. The van der Waals surface area contributed by atoms with Crippen molar-refractivity contribution in [3.8, 4) is 10.6 Å². The first kappa shape index (κ1) is 19.0. The van der Waals surface area contributed by atoms with Gasteiger partial charge in [0.25, 0.3) is 11.6 Å². The SMILES string of the molecule is CCC[C@](C)(NC(=O)c1cc(-c2cccs2)nc2onc(C)c12)C(=O)OC. The van der Waals surface area contributed by atoms with Gasteiger partial charge in [0.05, 0.1) is 34.3 Å². The van der Waals surface area contributed by atoms with Crippen LogP contribution < -0.4 is 5.32 Å². The number of amides is 1. The monoisotopic (exact) mass is 387 g/mol. The Morgan fingerprint density at radius 1 is 1.41 bits per heavy atom. The van der Waals surface area contributed by atoms with E-state index in [2.05, 4.69) is 15.5 Å². The van der Waals surface area contributed by atoms with E-state index in [1.54, 1.807) is 19.9 Å². The van der Waals surface area contributed by atoms with E-state index in [-0.39, 0.29) is 0 Å². The summed E-state index contributed by atoms with van der Waals surface area (Å²) in [7, 11) is 1.31. The molecule has 142 valence electrons. The van der Waals surface area contributed by atoms with E-state index in [4.69, 9.17) is 9.26 Å². The number of carbonyl (C=O) groups is 2. The number of carbonyl (C=O) groups excluding carboxylic acids is 2. The Hall–Kier alpha value is -2.74. The first-order chi connectivity index (χ1) is 12.9. The predicted octanol–water partition coefficient (Wildman–Crippen LogP) is 3.72. The highest BCUT2D eigenvalue weighted by molar-refractivity contribution is 7.13. The van der Waals surface area contributed by atoms with Gasteiger partial charge in [-0.15, -0.1) is 11.3 Å². The maximum absolute atomic E-state index is 13.1. The fourth-order valence-electron chi connectivity index (χ4n) is 3.08. The molecule has 0 unspecified atom stereocenters. The van der Waals surface area contributed by atoms with E-state index in [9.17, 15) is 9.59 Å². The van der Waals surface area contributed by atoms with Crippen LogP contribution in [0.15, 0.2) is 28.1 Å². The zero-order valence-corrected chi connectivity index (χ0v) is 16.5. The van der Waals surface area contributed by atoms with Crippen molar-refractivity contribution >= 4 is 34.3 Å². The van der Waals surface area contributed by atoms with Crippen molar-refractivity contribution in [2.24, 2.45) is 0 Å². The second kappa shape index (κ2) is 7.48. The van der Waals surface area contributed by atoms with Crippen LogP contribution in [0.1, 0.15) is 42.7 Å². The summed E-state index contributed by atoms with van der Waals surface area (Å²) in [6.45, 7) is 5.36. The summed E-state index contributed by atoms with van der Waals surface area (Å²) in [6.07, 6.45) is 1.17. The molecule has 0 spiro atoms. The molecule has 7 nitrogen and oxygen atoms in total. The van der Waals surface area contributed by atoms with Gasteiger partial charge in [0.2, 0.25) is 0 Å². The van der Waals surface area contributed by atoms with E-state index >= 15 is 0 Å². The number of pyridine rings is 1. The number of hydrogen-bond acceptors (Lipinski definition) is 7. The van der Waals surface area contributed by atoms with Gasteiger partial charge in [-0.2, -0.15) is 0 Å². The summed E-state index contributed by atoms with van der Waals surface area (Å²) >= 11 is 1.51. The lowest BCUT2D eigenvalue weighted by Crippen LogP contribution is -2.52. The largest absolute Gasteiger partial charge is 0.467 e. The number of ether oxygens (including phenoxy) is 1. The molecular weight excluding hydrogens is 366 g/mol. The molecule has 0 fully saturated rings. The van der Waals surface area contributed by atoms with Gasteiger partial charge >= 0.3 is 5.97 Å². The van der Waals surface area contributed by atoms with Gasteiger partial charge in [0, 0.05) is 0 Å². The summed E-state index contributed by atoms with van der Waals surface area (Å²) in [4.78, 5) is 30.8. The maximum Gasteiger partial charge on any atom is 0.331 e. The molecule has 0 radical (unpaired) electrons. The molecule has 0 saturated heterocycles. The topological polar surface area (TPSA) is 94.3 Å². The Bertz CT molecular complexity index is 980. The number of nitrogens with one attached hydrogen (secondary N) is 1. The van der Waals surface area contributed by atoms with E-state index < -0.39 is 17.4 Å². The fourth-order valence-corrected chi connectivity index (χ4v) is 3.77. The van der Waals surface area contributed by atoms with E-state index in [0.717, 1.165) is 4.88 Å². The lowest BCUT2D eigenvalue weighted by Gasteiger charge is -2.27. The second-order valence-electron chi connectivity index (χ2n) is 6.51. The smallest absolute Gasteiger partial charge is 0.331 e. The zero-order chi connectivity index (χ0) is 19.6. The van der Waals surface area contributed by atoms with Crippen LogP contribution in [0.2, 0.25) is 0 Å². The number of esters is 1. The summed E-state index contributed by atoms with van der Waals surface area (Å²) in [5, 5.41) is 9.25. The molecule has 0 saturated carbocycles. The summed E-state index contributed by atoms with van der Waals surface area (Å²) < 4.78 is 10.2. The molecule has 0 aliphatic rings. The van der Waals surface area contributed by atoms with Crippen molar-refractivity contribution in [1.29, 1.82) is 0 Å². The van der Waals surface area contributed by atoms with Gasteiger partial charge < -0.3 is 14.6 Å². The van der Waals surface area contributed by atoms with Gasteiger partial charge in [-0.3, -0.25) is 4.79 Å². The number of aryl methyl sites for hydroxylation is 1. The lowest BCUT2D eigenvalue weighted by atomic mass is 9.95. The highest BCUT2D eigenvalue weighted by atomic mass is 32.1. The minimum Gasteiger partial charge on any atom is -0.467 e. The van der Waals surface area contributed by atoms with Crippen molar-refractivity contribution in [2.45, 2.75) is 39.2 Å². The molecule has 27 heavy (non-hydrogen) atoms. The van der Waals surface area contributed by atoms with Crippen LogP contribution in [-0.4, -0.2) is 34.7 Å². The Kier molecular flexibility index (Phi) is 5.27. The maximum atomic E-state index is 13.1. The Balaban J connectivity index is 2.07. The third-order valence-electron chi connectivity index (χ3n) is 4.41. The summed E-state index contributed by atoms with van der Waals surface area (Å²) in [6, 6.07) is 5.53. The van der Waals surface area contributed by atoms with Crippen LogP contribution in [0.4, 0.5) is 0 Å². The van der Waals surface area contributed by atoms with Crippen LogP contribution in [0.25, 0.3) is 21.7 Å². The molecule has 8 heteroatoms. The number of aromatic nitrogens is 2. The number of rotatable bonds is 6. The molecule has 3 heterocycles. The van der Waals surface area contributed by atoms with E-state index in [0.29, 0.717) is 40.9 Å². The highest BCUT2D eigenvalue weighted by Gasteiger charge is 2.36. The lowest BCUT2D eigenvalue weighted by molar-refractivity contribution is -0.147. The zero-order valence-electron chi connectivity index (χ0n) is 15.7. The van der Waals surface area contributed by atoms with Gasteiger partial charge in [0.15, 0.2) is 0 Å². The fraction of sp³-hybridized carbons (Fsp3) is 0.368. The first-order valence-electron chi connectivity index (χ1n) is 8.61. The molecule has 0 aliphatic heterocycles. The molecule has 3 aromatic heterocycles. The normalized spacial score (nSPS) is 13.3. The quantitative estimate of drug-likeness (QED) is 0.648. The third kappa shape index (κ3) is 3.57. The predicted molar refractivity (Wildman–Crippen MR) is 103 cm³/mol. The standard InChI is InChI=1S/C19H21N3O4S/c1-5-8-19(3,18(24)25-4)21-16(23)12-10-13(14-7-6-9-27-14)20-17-15(12)11(2)22-26-17/h6-7,9-10H,5,8H2,1-4H3,(H,21,23)/t19-/m0/s1. The van der Waals surface area contributed by atoms with Gasteiger partial charge in [-0.25, -0.2) is 9.78 Å². The number of nitrogens with zero attached hydrogens (tertiary/aromatic N) is 2. The molecule has 3 rings (SSSR count). The molecule has 0 aromatic carbocycles. The number of methoxy groups -OCH3 is 1. The Morgan fingerprint density at radius 3 is 2.81 bits per heavy atom. The second-order valence-corrected chi connectivity index (χ2v) is 7.46. The van der Waals surface area contributed by atoms with E-state index in [1.165, 1.54) is 18.4 Å². The van der Waals surface area contributed by atoms with Crippen LogP contribution >= 0.6 is 11.3 Å². The van der Waals surface area contributed by atoms with Gasteiger partial charge in [-0.1, -0.05) is 24.6 Å². The molecule has 1 atom stereocenters. The molecule has 3 aromatic rings. The van der Waals surface area contributed by atoms with Gasteiger partial charge in [-0.05, 0) is 37.8 Å². The molecule has 1 N–H and O–H groups in total. The number of hydrogen-bond donors (Lipinski definition) is 1. The van der Waals surface area contributed by atoms with Crippen LogP contribution in [0, 0.1) is 6.92 Å². The molecule has 0 bridgehead atoms. The minimum absolute atomic E-state index is 0.291. The number of thiophene rings is 1. The van der Waals surface area contributed by atoms with Crippen LogP contribution in [0.5, 0.6) is 0 Å². The van der Waals surface area contributed by atoms with Gasteiger partial charge in [0.1, 0.15) is 5.54 Å². The average Bonchev–Trinajstić information content (AvgIpc) is 3.30. The Morgan fingerprint density at radius 2 is 2.19 bits per heavy atom.